The Labute approximate surface area is 84.0 Å². The summed E-state index contributed by atoms with van der Waals surface area (Å²) < 4.78 is 1.74. The van der Waals surface area contributed by atoms with Crippen LogP contribution in [0.3, 0.4) is 0 Å². The van der Waals surface area contributed by atoms with Crippen LogP contribution in [0.25, 0.3) is 0 Å². The van der Waals surface area contributed by atoms with Gasteiger partial charge in [0.15, 0.2) is 0 Å². The van der Waals surface area contributed by atoms with Gasteiger partial charge in [0.05, 0.1) is 0 Å². The zero-order valence-corrected chi connectivity index (χ0v) is 8.53. The summed E-state index contributed by atoms with van der Waals surface area (Å²) in [5.41, 5.74) is 0.786. The van der Waals surface area contributed by atoms with Gasteiger partial charge in [-0.1, -0.05) is 0 Å². The Morgan fingerprint density at radius 1 is 1.36 bits per heavy atom. The van der Waals surface area contributed by atoms with E-state index in [1.807, 2.05) is 19.3 Å². The van der Waals surface area contributed by atoms with Gasteiger partial charge in [0.25, 0.3) is 0 Å². The molecule has 0 spiro atoms. The van der Waals surface area contributed by atoms with Crippen molar-refractivity contribution in [3.05, 3.63) is 18.0 Å². The topological polar surface area (TPSA) is 44.9 Å². The molecule has 4 heteroatoms. The lowest BCUT2D eigenvalue weighted by molar-refractivity contribution is 0.340. The van der Waals surface area contributed by atoms with Gasteiger partial charge in [-0.15, -0.1) is 0 Å². The van der Waals surface area contributed by atoms with Gasteiger partial charge in [-0.05, 0) is 25.3 Å². The fourth-order valence-corrected chi connectivity index (χ4v) is 1.82. The lowest BCUT2D eigenvalue weighted by atomic mass is 10.1. The predicted molar refractivity (Wildman–Crippen MR) is 55.5 cm³/mol. The molecule has 2 heterocycles. The molecule has 0 amide bonds. The quantitative estimate of drug-likeness (QED) is 0.537. The van der Waals surface area contributed by atoms with Crippen molar-refractivity contribution in [3.63, 3.8) is 0 Å². The summed E-state index contributed by atoms with van der Waals surface area (Å²) in [6.07, 6.45) is 5.59. The number of amidine groups is 1. The summed E-state index contributed by atoms with van der Waals surface area (Å²) in [5.74, 6) is 0.574. The largest absolute Gasteiger partial charge is 0.355 e. The van der Waals surface area contributed by atoms with Crippen LogP contribution in [0.1, 0.15) is 25.0 Å². The van der Waals surface area contributed by atoms with Gasteiger partial charge in [-0.2, -0.15) is 5.10 Å². The van der Waals surface area contributed by atoms with Gasteiger partial charge in [0.1, 0.15) is 11.5 Å². The number of hydrogen-bond acceptors (Lipinski definition) is 2. The normalized spacial score (nSPS) is 17.1. The van der Waals surface area contributed by atoms with Crippen molar-refractivity contribution in [1.82, 2.24) is 14.7 Å². The Hall–Kier alpha value is -1.32. The minimum atomic E-state index is 0.574. The van der Waals surface area contributed by atoms with E-state index in [9.17, 15) is 0 Å². The number of piperidine rings is 1. The van der Waals surface area contributed by atoms with Gasteiger partial charge < -0.3 is 4.90 Å². The summed E-state index contributed by atoms with van der Waals surface area (Å²) in [4.78, 5) is 2.12. The van der Waals surface area contributed by atoms with Gasteiger partial charge >= 0.3 is 0 Å². The van der Waals surface area contributed by atoms with Gasteiger partial charge in [-0.3, -0.25) is 10.1 Å². The minimum absolute atomic E-state index is 0.574. The maximum atomic E-state index is 7.99. The van der Waals surface area contributed by atoms with E-state index in [2.05, 4.69) is 10.00 Å². The smallest absolute Gasteiger partial charge is 0.148 e. The van der Waals surface area contributed by atoms with E-state index in [0.717, 1.165) is 18.8 Å². The highest BCUT2D eigenvalue weighted by Crippen LogP contribution is 2.11. The van der Waals surface area contributed by atoms with Crippen LogP contribution in [-0.4, -0.2) is 33.6 Å². The lowest BCUT2D eigenvalue weighted by Gasteiger charge is -2.27. The second-order valence-corrected chi connectivity index (χ2v) is 3.77. The molecule has 0 atom stereocenters. The maximum absolute atomic E-state index is 7.99. The Kier molecular flexibility index (Phi) is 2.52. The number of rotatable bonds is 1. The summed E-state index contributed by atoms with van der Waals surface area (Å²) in [7, 11) is 1.88. The lowest BCUT2D eigenvalue weighted by Crippen LogP contribution is -2.35. The van der Waals surface area contributed by atoms with Crippen molar-refractivity contribution in [1.29, 1.82) is 5.41 Å². The second kappa shape index (κ2) is 3.82. The number of aryl methyl sites for hydroxylation is 1. The standard InChI is InChI=1S/C10H16N4/c1-13-8-5-9(12-13)10(11)14-6-3-2-4-7-14/h5,8,11H,2-4,6-7H2,1H3. The van der Waals surface area contributed by atoms with E-state index in [0.29, 0.717) is 5.84 Å². The average Bonchev–Trinajstić information content (AvgIpc) is 2.65. The summed E-state index contributed by atoms with van der Waals surface area (Å²) >= 11 is 0. The Balaban J connectivity index is 2.07. The first-order valence-electron chi connectivity index (χ1n) is 5.11. The van der Waals surface area contributed by atoms with E-state index in [1.165, 1.54) is 19.3 Å². The van der Waals surface area contributed by atoms with Crippen molar-refractivity contribution in [2.24, 2.45) is 7.05 Å². The van der Waals surface area contributed by atoms with Crippen molar-refractivity contribution in [2.75, 3.05) is 13.1 Å². The fourth-order valence-electron chi connectivity index (χ4n) is 1.82. The van der Waals surface area contributed by atoms with Crippen molar-refractivity contribution >= 4 is 5.84 Å². The molecule has 1 aromatic rings. The summed E-state index contributed by atoms with van der Waals surface area (Å²) in [6.45, 7) is 2.02. The highest BCUT2D eigenvalue weighted by Gasteiger charge is 2.16. The van der Waals surface area contributed by atoms with Crippen LogP contribution < -0.4 is 0 Å². The van der Waals surface area contributed by atoms with Crippen molar-refractivity contribution < 1.29 is 0 Å². The van der Waals surface area contributed by atoms with Crippen LogP contribution in [0.15, 0.2) is 12.3 Å². The number of likely N-dealkylation sites (tertiary alicyclic amines) is 1. The molecule has 1 fully saturated rings. The van der Waals surface area contributed by atoms with Crippen molar-refractivity contribution in [2.45, 2.75) is 19.3 Å². The first-order valence-corrected chi connectivity index (χ1v) is 5.11. The van der Waals surface area contributed by atoms with Gasteiger partial charge in [-0.25, -0.2) is 0 Å². The molecule has 1 aromatic heterocycles. The molecule has 0 unspecified atom stereocenters. The molecule has 1 N–H and O–H groups in total. The van der Waals surface area contributed by atoms with Crippen LogP contribution in [0.4, 0.5) is 0 Å². The van der Waals surface area contributed by atoms with E-state index in [1.54, 1.807) is 4.68 Å². The third kappa shape index (κ3) is 1.78. The molecule has 14 heavy (non-hydrogen) atoms. The molecular formula is C10H16N4. The van der Waals surface area contributed by atoms with Gasteiger partial charge in [0, 0.05) is 26.3 Å². The molecular weight excluding hydrogens is 176 g/mol. The van der Waals surface area contributed by atoms with Crippen LogP contribution in [0, 0.1) is 5.41 Å². The third-order valence-electron chi connectivity index (χ3n) is 2.63. The van der Waals surface area contributed by atoms with E-state index in [-0.39, 0.29) is 0 Å². The number of nitrogens with one attached hydrogen (secondary N) is 1. The number of nitrogens with zero attached hydrogens (tertiary/aromatic N) is 3. The molecule has 0 bridgehead atoms. The number of aromatic nitrogens is 2. The molecule has 0 aromatic carbocycles. The molecule has 4 nitrogen and oxygen atoms in total. The minimum Gasteiger partial charge on any atom is -0.355 e. The zero-order valence-electron chi connectivity index (χ0n) is 8.53. The molecule has 0 aliphatic carbocycles. The monoisotopic (exact) mass is 192 g/mol. The Morgan fingerprint density at radius 3 is 2.64 bits per heavy atom. The maximum Gasteiger partial charge on any atom is 0.148 e. The molecule has 76 valence electrons. The molecule has 1 aliphatic rings. The zero-order chi connectivity index (χ0) is 9.97. The fraction of sp³-hybridized carbons (Fsp3) is 0.600. The van der Waals surface area contributed by atoms with E-state index in [4.69, 9.17) is 5.41 Å². The Morgan fingerprint density at radius 2 is 2.07 bits per heavy atom. The summed E-state index contributed by atoms with van der Waals surface area (Å²) in [5, 5.41) is 12.2. The van der Waals surface area contributed by atoms with Crippen LogP contribution in [-0.2, 0) is 7.05 Å². The van der Waals surface area contributed by atoms with Crippen molar-refractivity contribution in [3.8, 4) is 0 Å². The highest BCUT2D eigenvalue weighted by molar-refractivity contribution is 5.94. The molecule has 1 aliphatic heterocycles. The average molecular weight is 192 g/mol. The Bertz CT molecular complexity index is 323. The van der Waals surface area contributed by atoms with E-state index < -0.39 is 0 Å². The van der Waals surface area contributed by atoms with Gasteiger partial charge in [0.2, 0.25) is 0 Å². The molecule has 0 radical (unpaired) electrons. The molecule has 2 rings (SSSR count). The SMILES string of the molecule is Cn1ccc(C(=N)N2CCCCC2)n1. The van der Waals surface area contributed by atoms with Crippen LogP contribution in [0.5, 0.6) is 0 Å². The first-order chi connectivity index (χ1) is 6.77. The predicted octanol–water partition coefficient (Wildman–Crippen LogP) is 1.23. The molecule has 0 saturated carbocycles. The summed E-state index contributed by atoms with van der Waals surface area (Å²) in [6, 6.07) is 1.90. The third-order valence-corrected chi connectivity index (χ3v) is 2.63. The molecule has 1 saturated heterocycles. The second-order valence-electron chi connectivity index (χ2n) is 3.77. The van der Waals surface area contributed by atoms with Crippen LogP contribution >= 0.6 is 0 Å². The van der Waals surface area contributed by atoms with Crippen LogP contribution in [0.2, 0.25) is 0 Å². The van der Waals surface area contributed by atoms with E-state index >= 15 is 0 Å². The number of hydrogen-bond donors (Lipinski definition) is 1. The highest BCUT2D eigenvalue weighted by atomic mass is 15.3. The first kappa shape index (κ1) is 9.24.